The molecule has 1 aliphatic rings. The van der Waals surface area contributed by atoms with Crippen molar-refractivity contribution in [3.05, 3.63) is 70.4 Å². The molecule has 1 amide bonds. The zero-order chi connectivity index (χ0) is 25.5. The smallest absolute Gasteiger partial charge is 0.342 e. The molecular formula is C22H16F6N6O. The van der Waals surface area contributed by atoms with Crippen molar-refractivity contribution in [3.8, 4) is 11.9 Å². The van der Waals surface area contributed by atoms with E-state index in [0.29, 0.717) is 23.5 Å². The molecule has 35 heavy (non-hydrogen) atoms. The van der Waals surface area contributed by atoms with Crippen molar-refractivity contribution in [2.45, 2.75) is 44.1 Å². The third kappa shape index (κ3) is 5.26. The molecule has 1 saturated carbocycles. The van der Waals surface area contributed by atoms with Gasteiger partial charge in [-0.05, 0) is 50.1 Å². The lowest BCUT2D eigenvalue weighted by Crippen LogP contribution is -2.29. The zero-order valence-corrected chi connectivity index (χ0v) is 17.9. The number of hydrogen-bond donors (Lipinski definition) is 1. The van der Waals surface area contributed by atoms with Crippen LogP contribution >= 0.6 is 0 Å². The summed E-state index contributed by atoms with van der Waals surface area (Å²) in [5.41, 5.74) is -3.69. The van der Waals surface area contributed by atoms with Gasteiger partial charge in [0, 0.05) is 17.7 Å². The molecule has 1 N–H and O–H groups in total. The van der Waals surface area contributed by atoms with Gasteiger partial charge in [-0.25, -0.2) is 9.97 Å². The van der Waals surface area contributed by atoms with Crippen LogP contribution in [0.15, 0.2) is 36.5 Å². The molecule has 13 heteroatoms. The summed E-state index contributed by atoms with van der Waals surface area (Å²) >= 11 is 0. The summed E-state index contributed by atoms with van der Waals surface area (Å²) in [6.45, 7) is 1.47. The first-order valence-corrected chi connectivity index (χ1v) is 10.3. The number of hydrogen-bond acceptors (Lipinski definition) is 5. The Morgan fingerprint density at radius 2 is 1.74 bits per heavy atom. The van der Waals surface area contributed by atoms with Crippen LogP contribution in [-0.4, -0.2) is 25.7 Å². The third-order valence-electron chi connectivity index (χ3n) is 5.27. The number of alkyl halides is 6. The summed E-state index contributed by atoms with van der Waals surface area (Å²) in [5, 5.41) is 15.8. The molecule has 0 spiro atoms. The number of aromatic nitrogens is 4. The van der Waals surface area contributed by atoms with Crippen LogP contribution in [0.1, 0.15) is 70.4 Å². The van der Waals surface area contributed by atoms with E-state index in [2.05, 4.69) is 20.4 Å². The van der Waals surface area contributed by atoms with E-state index >= 15 is 0 Å². The molecule has 1 aromatic carbocycles. The van der Waals surface area contributed by atoms with Crippen molar-refractivity contribution in [3.63, 3.8) is 0 Å². The van der Waals surface area contributed by atoms with E-state index in [1.54, 1.807) is 0 Å². The van der Waals surface area contributed by atoms with Crippen LogP contribution in [0.3, 0.4) is 0 Å². The van der Waals surface area contributed by atoms with Crippen molar-refractivity contribution in [1.29, 1.82) is 5.26 Å². The fraction of sp³-hybridized carbons (Fsp3) is 0.318. The van der Waals surface area contributed by atoms with Gasteiger partial charge < -0.3 is 5.32 Å². The van der Waals surface area contributed by atoms with Crippen LogP contribution in [0.2, 0.25) is 0 Å². The predicted octanol–water partition coefficient (Wildman–Crippen LogP) is 4.94. The number of amides is 1. The Morgan fingerprint density at radius 1 is 1.11 bits per heavy atom. The van der Waals surface area contributed by atoms with Crippen molar-refractivity contribution in [2.24, 2.45) is 0 Å². The quantitative estimate of drug-likeness (QED) is 0.507. The minimum absolute atomic E-state index is 0.0463. The van der Waals surface area contributed by atoms with Crippen molar-refractivity contribution >= 4 is 5.91 Å². The Kier molecular flexibility index (Phi) is 6.00. The van der Waals surface area contributed by atoms with Gasteiger partial charge in [-0.1, -0.05) is 0 Å². The number of rotatable bonds is 5. The molecule has 0 radical (unpaired) electrons. The van der Waals surface area contributed by atoms with Gasteiger partial charge in [0.05, 0.1) is 22.7 Å². The molecular weight excluding hydrogens is 478 g/mol. The minimum Gasteiger partial charge on any atom is -0.342 e. The van der Waals surface area contributed by atoms with E-state index in [-0.39, 0.29) is 23.6 Å². The van der Waals surface area contributed by atoms with Crippen LogP contribution in [0.5, 0.6) is 0 Å². The number of halogens is 6. The standard InChI is InChI=1S/C22H16F6N6O/c1-11(31-20(35)14-6-15(21(23,24)25)8-16(7-14)22(26,27)28)19-32-18(13-3-4-13)33-34(19)17-5-2-12(9-29)10-30-17/h2,5-8,10-11,13H,3-4H2,1H3,(H,31,35)/t11-/m0/s1. The van der Waals surface area contributed by atoms with Crippen molar-refractivity contribution < 1.29 is 31.1 Å². The van der Waals surface area contributed by atoms with Crippen LogP contribution in [0, 0.1) is 11.3 Å². The predicted molar refractivity (Wildman–Crippen MR) is 108 cm³/mol. The van der Waals surface area contributed by atoms with E-state index in [1.807, 2.05) is 6.07 Å². The SMILES string of the molecule is C[C@H](NC(=O)c1cc(C(F)(F)F)cc(C(F)(F)F)c1)c1nc(C2CC2)nn1-c1ccc(C#N)cn1. The van der Waals surface area contributed by atoms with Gasteiger partial charge >= 0.3 is 12.4 Å². The Morgan fingerprint density at radius 3 is 2.23 bits per heavy atom. The maximum absolute atomic E-state index is 13.2. The highest BCUT2D eigenvalue weighted by Gasteiger charge is 2.38. The largest absolute Gasteiger partial charge is 0.416 e. The lowest BCUT2D eigenvalue weighted by Gasteiger charge is -2.17. The number of nitriles is 1. The van der Waals surface area contributed by atoms with Crippen molar-refractivity contribution in [2.75, 3.05) is 0 Å². The minimum atomic E-state index is -5.08. The van der Waals surface area contributed by atoms with E-state index < -0.39 is 41.0 Å². The van der Waals surface area contributed by atoms with E-state index in [1.165, 1.54) is 29.9 Å². The summed E-state index contributed by atoms with van der Waals surface area (Å²) in [5.74, 6) is -0.109. The van der Waals surface area contributed by atoms with Gasteiger partial charge in [-0.15, -0.1) is 5.10 Å². The number of carbonyl (C=O) groups is 1. The molecule has 1 aliphatic carbocycles. The van der Waals surface area contributed by atoms with Gasteiger partial charge in [-0.2, -0.15) is 36.3 Å². The molecule has 3 aromatic rings. The third-order valence-corrected chi connectivity index (χ3v) is 5.27. The first kappa shape index (κ1) is 24.2. The summed E-state index contributed by atoms with van der Waals surface area (Å²) in [4.78, 5) is 21.3. The molecule has 0 unspecified atom stereocenters. The Labute approximate surface area is 194 Å². The van der Waals surface area contributed by atoms with E-state index in [9.17, 15) is 31.1 Å². The summed E-state index contributed by atoms with van der Waals surface area (Å²) in [7, 11) is 0. The maximum Gasteiger partial charge on any atom is 0.416 e. The van der Waals surface area contributed by atoms with Gasteiger partial charge in [0.1, 0.15) is 6.07 Å². The van der Waals surface area contributed by atoms with E-state index in [4.69, 9.17) is 5.26 Å². The number of nitrogens with zero attached hydrogens (tertiary/aromatic N) is 5. The van der Waals surface area contributed by atoms with Crippen LogP contribution in [0.25, 0.3) is 5.82 Å². The van der Waals surface area contributed by atoms with Gasteiger partial charge in [0.25, 0.3) is 5.91 Å². The lowest BCUT2D eigenvalue weighted by atomic mass is 10.0. The Bertz CT molecular complexity index is 1270. The van der Waals surface area contributed by atoms with Gasteiger partial charge in [0.15, 0.2) is 17.5 Å². The van der Waals surface area contributed by atoms with Gasteiger partial charge in [-0.3, -0.25) is 4.79 Å². The zero-order valence-electron chi connectivity index (χ0n) is 17.9. The van der Waals surface area contributed by atoms with Gasteiger partial charge in [0.2, 0.25) is 0 Å². The normalized spacial score (nSPS) is 14.9. The molecule has 4 rings (SSSR count). The first-order chi connectivity index (χ1) is 16.4. The second-order valence-electron chi connectivity index (χ2n) is 8.02. The molecule has 1 atom stereocenters. The number of benzene rings is 1. The highest BCUT2D eigenvalue weighted by atomic mass is 19.4. The molecule has 0 aliphatic heterocycles. The fourth-order valence-corrected chi connectivity index (χ4v) is 3.31. The molecule has 0 bridgehead atoms. The average molecular weight is 494 g/mol. The maximum atomic E-state index is 13.2. The number of pyridine rings is 1. The number of carbonyl (C=O) groups excluding carboxylic acids is 1. The number of nitrogens with one attached hydrogen (secondary N) is 1. The molecule has 2 heterocycles. The Balaban J connectivity index is 1.67. The summed E-state index contributed by atoms with van der Waals surface area (Å²) in [6.07, 6.45) is -7.14. The lowest BCUT2D eigenvalue weighted by molar-refractivity contribution is -0.143. The van der Waals surface area contributed by atoms with Crippen LogP contribution in [-0.2, 0) is 12.4 Å². The van der Waals surface area contributed by atoms with Crippen molar-refractivity contribution in [1.82, 2.24) is 25.1 Å². The first-order valence-electron chi connectivity index (χ1n) is 10.3. The average Bonchev–Trinajstić information content (AvgIpc) is 3.55. The monoisotopic (exact) mass is 494 g/mol. The molecule has 182 valence electrons. The van der Waals surface area contributed by atoms with Crippen LogP contribution in [0.4, 0.5) is 26.3 Å². The highest BCUT2D eigenvalue weighted by molar-refractivity contribution is 5.94. The topological polar surface area (TPSA) is 96.5 Å². The van der Waals surface area contributed by atoms with Crippen LogP contribution < -0.4 is 5.32 Å². The summed E-state index contributed by atoms with van der Waals surface area (Å²) in [6, 6.07) is 4.65. The highest BCUT2D eigenvalue weighted by Crippen LogP contribution is 2.39. The summed E-state index contributed by atoms with van der Waals surface area (Å²) < 4.78 is 80.3. The second kappa shape index (κ2) is 8.68. The molecule has 2 aromatic heterocycles. The second-order valence-corrected chi connectivity index (χ2v) is 8.02. The molecule has 7 nitrogen and oxygen atoms in total. The Hall–Kier alpha value is -3.95. The molecule has 0 saturated heterocycles. The van der Waals surface area contributed by atoms with E-state index in [0.717, 1.165) is 12.8 Å². The molecule has 1 fully saturated rings. The fourth-order valence-electron chi connectivity index (χ4n) is 3.31.